The van der Waals surface area contributed by atoms with E-state index in [0.29, 0.717) is 17.0 Å². The van der Waals surface area contributed by atoms with Crippen molar-refractivity contribution < 1.29 is 13.2 Å². The summed E-state index contributed by atoms with van der Waals surface area (Å²) >= 11 is 0.825. The lowest BCUT2D eigenvalue weighted by Crippen LogP contribution is -2.14. The lowest BCUT2D eigenvalue weighted by Gasteiger charge is -2.01. The predicted molar refractivity (Wildman–Crippen MR) is 78.9 cm³/mol. The summed E-state index contributed by atoms with van der Waals surface area (Å²) in [6.45, 7) is 5.02. The van der Waals surface area contributed by atoms with Crippen LogP contribution in [-0.4, -0.2) is 29.1 Å². The Labute approximate surface area is 126 Å². The highest BCUT2D eigenvalue weighted by atomic mass is 32.2. The molecule has 2 heterocycles. The Morgan fingerprint density at radius 2 is 1.90 bits per heavy atom. The van der Waals surface area contributed by atoms with Gasteiger partial charge in [0.1, 0.15) is 0 Å². The quantitative estimate of drug-likeness (QED) is 0.859. The van der Waals surface area contributed by atoms with Gasteiger partial charge in [0.15, 0.2) is 9.34 Å². The van der Waals surface area contributed by atoms with Crippen molar-refractivity contribution in [2.75, 3.05) is 5.32 Å². The monoisotopic (exact) mass is 329 g/mol. The molecule has 2 rings (SSSR count). The van der Waals surface area contributed by atoms with Crippen LogP contribution in [0.25, 0.3) is 0 Å². The van der Waals surface area contributed by atoms with Crippen molar-refractivity contribution in [1.29, 1.82) is 0 Å². The molecule has 1 amide bonds. The van der Waals surface area contributed by atoms with Crippen molar-refractivity contribution in [3.8, 4) is 0 Å². The van der Waals surface area contributed by atoms with Crippen molar-refractivity contribution >= 4 is 32.4 Å². The van der Waals surface area contributed by atoms with Gasteiger partial charge in [0.2, 0.25) is 10.0 Å². The van der Waals surface area contributed by atoms with Crippen molar-refractivity contribution in [2.24, 2.45) is 12.2 Å². The van der Waals surface area contributed by atoms with Crippen LogP contribution in [0.1, 0.15) is 27.4 Å². The number of sulfonamides is 1. The van der Waals surface area contributed by atoms with E-state index < -0.39 is 10.0 Å². The van der Waals surface area contributed by atoms with E-state index in [1.165, 1.54) is 6.92 Å². The maximum Gasteiger partial charge on any atom is 0.261 e. The summed E-state index contributed by atoms with van der Waals surface area (Å²) in [5.74, 6) is -0.382. The molecule has 0 aliphatic heterocycles. The Hall–Kier alpha value is -1.78. The highest BCUT2D eigenvalue weighted by molar-refractivity contribution is 7.91. The first-order valence-electron chi connectivity index (χ1n) is 5.93. The highest BCUT2D eigenvalue weighted by Gasteiger charge is 2.21. The van der Waals surface area contributed by atoms with Crippen molar-refractivity contribution in [3.63, 3.8) is 0 Å². The molecule has 21 heavy (non-hydrogen) atoms. The van der Waals surface area contributed by atoms with Crippen LogP contribution in [-0.2, 0) is 17.1 Å². The second kappa shape index (κ2) is 5.20. The lowest BCUT2D eigenvalue weighted by atomic mass is 10.2. The number of aromatic nitrogens is 3. The fourth-order valence-electron chi connectivity index (χ4n) is 1.96. The topological polar surface area (TPSA) is 120 Å². The number of carbonyl (C=O) groups excluding carboxylic acids is 1. The zero-order valence-corrected chi connectivity index (χ0v) is 13.6. The number of hydrogen-bond acceptors (Lipinski definition) is 6. The second-order valence-corrected chi connectivity index (χ2v) is 7.32. The maximum atomic E-state index is 12.3. The van der Waals surface area contributed by atoms with Crippen LogP contribution in [0.5, 0.6) is 0 Å². The zero-order chi connectivity index (χ0) is 15.9. The van der Waals surface area contributed by atoms with Gasteiger partial charge in [-0.25, -0.2) is 18.5 Å². The fraction of sp³-hybridized carbons (Fsp3) is 0.364. The van der Waals surface area contributed by atoms with Crippen LogP contribution >= 0.6 is 11.3 Å². The Kier molecular flexibility index (Phi) is 3.87. The van der Waals surface area contributed by atoms with Gasteiger partial charge in [-0.05, 0) is 20.8 Å². The molecule has 0 unspecified atom stereocenters. The Morgan fingerprint density at radius 1 is 1.29 bits per heavy atom. The van der Waals surface area contributed by atoms with E-state index in [2.05, 4.69) is 15.4 Å². The summed E-state index contributed by atoms with van der Waals surface area (Å²) in [4.78, 5) is 16.3. The Morgan fingerprint density at radius 3 is 2.33 bits per heavy atom. The van der Waals surface area contributed by atoms with E-state index in [-0.39, 0.29) is 20.9 Å². The fourth-order valence-corrected chi connectivity index (χ4v) is 3.82. The summed E-state index contributed by atoms with van der Waals surface area (Å²) in [7, 11) is -2.10. The molecule has 3 N–H and O–H groups in total. The average Bonchev–Trinajstić information content (AvgIpc) is 2.80. The average molecular weight is 329 g/mol. The largest absolute Gasteiger partial charge is 0.298 e. The normalized spacial score (nSPS) is 11.7. The number of primary sulfonamides is 1. The number of nitrogens with zero attached hydrogens (tertiary/aromatic N) is 3. The number of aryl methyl sites for hydroxylation is 3. The number of hydrogen-bond donors (Lipinski definition) is 2. The van der Waals surface area contributed by atoms with Gasteiger partial charge < -0.3 is 0 Å². The molecule has 10 heteroatoms. The third-order valence-electron chi connectivity index (χ3n) is 2.97. The molecule has 0 spiro atoms. The number of anilines is 1. The van der Waals surface area contributed by atoms with Crippen LogP contribution in [0.4, 0.5) is 5.13 Å². The van der Waals surface area contributed by atoms with E-state index in [9.17, 15) is 13.2 Å². The maximum absolute atomic E-state index is 12.3. The van der Waals surface area contributed by atoms with E-state index in [0.717, 1.165) is 11.3 Å². The minimum atomic E-state index is -3.84. The van der Waals surface area contributed by atoms with E-state index >= 15 is 0 Å². The number of rotatable bonds is 3. The molecular weight excluding hydrogens is 314 g/mol. The van der Waals surface area contributed by atoms with Crippen LogP contribution in [0.2, 0.25) is 0 Å². The van der Waals surface area contributed by atoms with Gasteiger partial charge in [0.05, 0.1) is 17.0 Å². The number of carbonyl (C=O) groups is 1. The Balaban J connectivity index is 2.33. The summed E-state index contributed by atoms with van der Waals surface area (Å²) in [6, 6.07) is 0. The van der Waals surface area contributed by atoms with Crippen molar-refractivity contribution in [2.45, 2.75) is 25.0 Å². The molecule has 0 fully saturated rings. The van der Waals surface area contributed by atoms with Crippen LogP contribution in [0.3, 0.4) is 0 Å². The number of amides is 1. The van der Waals surface area contributed by atoms with E-state index in [4.69, 9.17) is 5.14 Å². The van der Waals surface area contributed by atoms with Gasteiger partial charge in [-0.2, -0.15) is 5.10 Å². The van der Waals surface area contributed by atoms with Crippen molar-refractivity contribution in [1.82, 2.24) is 14.8 Å². The standard InChI is InChI=1S/C11H15N5O3S2/c1-5-8(7(3)16(4)15-5)9(17)14-11-13-6(2)10(20-11)21(12,18)19/h1-4H3,(H2,12,18,19)(H,13,14,17). The molecule has 0 aromatic carbocycles. The first-order chi connectivity index (χ1) is 9.61. The molecule has 0 saturated carbocycles. The SMILES string of the molecule is Cc1nc(NC(=O)c2c(C)nn(C)c2C)sc1S(N)(=O)=O. The lowest BCUT2D eigenvalue weighted by molar-refractivity contribution is 0.102. The molecule has 2 aromatic heterocycles. The molecule has 0 bridgehead atoms. The predicted octanol–water partition coefficient (Wildman–Crippen LogP) is 0.702. The molecule has 0 radical (unpaired) electrons. The number of nitrogens with one attached hydrogen (secondary N) is 1. The minimum Gasteiger partial charge on any atom is -0.298 e. The van der Waals surface area contributed by atoms with Crippen LogP contribution in [0, 0.1) is 20.8 Å². The minimum absolute atomic E-state index is 0.0579. The smallest absolute Gasteiger partial charge is 0.261 e. The van der Waals surface area contributed by atoms with Gasteiger partial charge in [-0.3, -0.25) is 14.8 Å². The summed E-state index contributed by atoms with van der Waals surface area (Å²) in [5.41, 5.74) is 2.01. The first kappa shape index (κ1) is 15.6. The number of nitrogens with two attached hydrogens (primary N) is 1. The van der Waals surface area contributed by atoms with Crippen LogP contribution in [0.15, 0.2) is 4.21 Å². The molecule has 0 atom stereocenters. The summed E-state index contributed by atoms with van der Waals surface area (Å²) in [5, 5.41) is 12.0. The Bertz CT molecular complexity index is 819. The van der Waals surface area contributed by atoms with Crippen LogP contribution < -0.4 is 10.5 Å². The van der Waals surface area contributed by atoms with Gasteiger partial charge in [0, 0.05) is 12.7 Å². The van der Waals surface area contributed by atoms with E-state index in [1.54, 1.807) is 25.6 Å². The molecular formula is C11H15N5O3S2. The number of thiazole rings is 1. The summed E-state index contributed by atoms with van der Waals surface area (Å²) < 4.78 is 24.3. The third-order valence-corrected chi connectivity index (χ3v) is 5.60. The third kappa shape index (κ3) is 2.96. The van der Waals surface area contributed by atoms with Gasteiger partial charge in [-0.15, -0.1) is 0 Å². The van der Waals surface area contributed by atoms with Gasteiger partial charge in [0.25, 0.3) is 5.91 Å². The molecule has 0 saturated heterocycles. The van der Waals surface area contributed by atoms with E-state index in [1.807, 2.05) is 0 Å². The van der Waals surface area contributed by atoms with Gasteiger partial charge in [-0.1, -0.05) is 11.3 Å². The highest BCUT2D eigenvalue weighted by Crippen LogP contribution is 2.26. The van der Waals surface area contributed by atoms with Crippen molar-refractivity contribution in [3.05, 3.63) is 22.6 Å². The zero-order valence-electron chi connectivity index (χ0n) is 12.0. The summed E-state index contributed by atoms with van der Waals surface area (Å²) in [6.07, 6.45) is 0. The molecule has 0 aliphatic rings. The second-order valence-electron chi connectivity index (χ2n) is 4.56. The molecule has 0 aliphatic carbocycles. The molecule has 8 nitrogen and oxygen atoms in total. The van der Waals surface area contributed by atoms with Gasteiger partial charge >= 0.3 is 0 Å². The molecule has 2 aromatic rings. The molecule has 114 valence electrons. The first-order valence-corrected chi connectivity index (χ1v) is 8.29.